The van der Waals surface area contributed by atoms with Crippen molar-refractivity contribution in [1.82, 2.24) is 0 Å². The summed E-state index contributed by atoms with van der Waals surface area (Å²) >= 11 is 5.99. The maximum atomic E-state index is 6.37. The smallest absolute Gasteiger partial charge is 0.125 e. The minimum absolute atomic E-state index is 0.242. The van der Waals surface area contributed by atoms with Crippen molar-refractivity contribution in [2.75, 3.05) is 7.11 Å². The van der Waals surface area contributed by atoms with E-state index in [0.717, 1.165) is 11.1 Å². The molecule has 0 saturated carbocycles. The fraction of sp³-hybridized carbons (Fsp3) is 0.250. The first-order valence-electron chi connectivity index (χ1n) is 6.47. The molecule has 4 heteroatoms. The molecule has 1 aliphatic heterocycles. The maximum absolute atomic E-state index is 6.37. The number of hydrogen-bond donors (Lipinski definition) is 1. The molecule has 0 aromatic heterocycles. The molecule has 104 valence electrons. The van der Waals surface area contributed by atoms with Gasteiger partial charge in [0.1, 0.15) is 5.75 Å². The monoisotopic (exact) mass is 289 g/mol. The summed E-state index contributed by atoms with van der Waals surface area (Å²) in [6.07, 6.45) is 0. The Morgan fingerprint density at radius 1 is 1.15 bits per heavy atom. The van der Waals surface area contributed by atoms with Gasteiger partial charge in [-0.05, 0) is 28.8 Å². The normalized spacial score (nSPS) is 14.9. The molecule has 1 heterocycles. The highest BCUT2D eigenvalue weighted by Crippen LogP contribution is 2.32. The van der Waals surface area contributed by atoms with E-state index in [1.807, 2.05) is 18.2 Å². The van der Waals surface area contributed by atoms with Gasteiger partial charge in [0.15, 0.2) is 0 Å². The molecule has 0 amide bonds. The average Bonchev–Trinajstić information content (AvgIpc) is 2.93. The van der Waals surface area contributed by atoms with Gasteiger partial charge in [-0.15, -0.1) is 0 Å². The second-order valence-corrected chi connectivity index (χ2v) is 5.32. The van der Waals surface area contributed by atoms with Crippen molar-refractivity contribution in [2.24, 2.45) is 5.73 Å². The molecule has 3 nitrogen and oxygen atoms in total. The third-order valence-electron chi connectivity index (χ3n) is 3.64. The molecule has 1 atom stereocenters. The molecule has 0 radical (unpaired) electrons. The number of hydrogen-bond acceptors (Lipinski definition) is 3. The molecule has 0 spiro atoms. The molecule has 0 saturated heterocycles. The van der Waals surface area contributed by atoms with Crippen LogP contribution in [0.3, 0.4) is 0 Å². The van der Waals surface area contributed by atoms with E-state index in [-0.39, 0.29) is 6.04 Å². The van der Waals surface area contributed by atoms with Gasteiger partial charge in [-0.2, -0.15) is 0 Å². The standard InChI is InChI=1S/C16H16ClNO2/c1-19-15-7-13(17)4-5-14(15)16(18)10-2-3-11-8-20-9-12(11)6-10/h2-7,16H,8-9,18H2,1H3. The van der Waals surface area contributed by atoms with Gasteiger partial charge >= 0.3 is 0 Å². The van der Waals surface area contributed by atoms with Crippen molar-refractivity contribution in [1.29, 1.82) is 0 Å². The third kappa shape index (κ3) is 2.40. The average molecular weight is 290 g/mol. The van der Waals surface area contributed by atoms with Crippen molar-refractivity contribution in [2.45, 2.75) is 19.3 Å². The lowest BCUT2D eigenvalue weighted by Gasteiger charge is -2.17. The van der Waals surface area contributed by atoms with E-state index in [9.17, 15) is 0 Å². The zero-order chi connectivity index (χ0) is 14.1. The van der Waals surface area contributed by atoms with E-state index in [1.165, 1.54) is 11.1 Å². The van der Waals surface area contributed by atoms with Gasteiger partial charge in [-0.1, -0.05) is 35.9 Å². The van der Waals surface area contributed by atoms with Crippen LogP contribution in [-0.4, -0.2) is 7.11 Å². The second kappa shape index (κ2) is 5.44. The lowest BCUT2D eigenvalue weighted by atomic mass is 9.96. The van der Waals surface area contributed by atoms with Crippen molar-refractivity contribution < 1.29 is 9.47 Å². The van der Waals surface area contributed by atoms with Gasteiger partial charge in [-0.25, -0.2) is 0 Å². The number of ether oxygens (including phenoxy) is 2. The summed E-state index contributed by atoms with van der Waals surface area (Å²) in [7, 11) is 1.62. The predicted octanol–water partition coefficient (Wildman–Crippen LogP) is 3.43. The number of nitrogens with two attached hydrogens (primary N) is 1. The van der Waals surface area contributed by atoms with Crippen LogP contribution in [0, 0.1) is 0 Å². The van der Waals surface area contributed by atoms with E-state index < -0.39 is 0 Å². The molecule has 2 aromatic carbocycles. The molecule has 2 N–H and O–H groups in total. The molecular weight excluding hydrogens is 274 g/mol. The number of methoxy groups -OCH3 is 1. The fourth-order valence-corrected chi connectivity index (χ4v) is 2.67. The Morgan fingerprint density at radius 3 is 2.75 bits per heavy atom. The van der Waals surface area contributed by atoms with Gasteiger partial charge in [0.25, 0.3) is 0 Å². The van der Waals surface area contributed by atoms with Crippen LogP contribution < -0.4 is 10.5 Å². The Balaban J connectivity index is 1.98. The van der Waals surface area contributed by atoms with E-state index >= 15 is 0 Å². The quantitative estimate of drug-likeness (QED) is 0.941. The summed E-state index contributed by atoms with van der Waals surface area (Å²) in [5.74, 6) is 0.710. The summed E-state index contributed by atoms with van der Waals surface area (Å²) in [6.45, 7) is 1.35. The minimum atomic E-state index is -0.242. The lowest BCUT2D eigenvalue weighted by Crippen LogP contribution is -2.13. The Morgan fingerprint density at radius 2 is 1.95 bits per heavy atom. The van der Waals surface area contributed by atoms with Crippen molar-refractivity contribution >= 4 is 11.6 Å². The first-order chi connectivity index (χ1) is 9.69. The molecule has 0 aliphatic carbocycles. The third-order valence-corrected chi connectivity index (χ3v) is 3.87. The van der Waals surface area contributed by atoms with Gasteiger partial charge in [0.2, 0.25) is 0 Å². The van der Waals surface area contributed by atoms with Crippen LogP contribution in [0.1, 0.15) is 28.3 Å². The zero-order valence-corrected chi connectivity index (χ0v) is 12.0. The van der Waals surface area contributed by atoms with Crippen LogP contribution in [-0.2, 0) is 18.0 Å². The SMILES string of the molecule is COc1cc(Cl)ccc1C(N)c1ccc2c(c1)COC2. The van der Waals surface area contributed by atoms with E-state index in [1.54, 1.807) is 13.2 Å². The maximum Gasteiger partial charge on any atom is 0.125 e. The molecule has 2 aromatic rings. The molecule has 0 fully saturated rings. The lowest BCUT2D eigenvalue weighted by molar-refractivity contribution is 0.134. The first-order valence-corrected chi connectivity index (χ1v) is 6.85. The van der Waals surface area contributed by atoms with Gasteiger partial charge in [0, 0.05) is 10.6 Å². The Labute approximate surface area is 123 Å². The predicted molar refractivity (Wildman–Crippen MR) is 79.0 cm³/mol. The van der Waals surface area contributed by atoms with Crippen molar-refractivity contribution in [3.8, 4) is 5.75 Å². The van der Waals surface area contributed by atoms with E-state index in [0.29, 0.717) is 24.0 Å². The van der Waals surface area contributed by atoms with E-state index in [4.69, 9.17) is 26.8 Å². The van der Waals surface area contributed by atoms with E-state index in [2.05, 4.69) is 12.1 Å². The minimum Gasteiger partial charge on any atom is -0.496 e. The van der Waals surface area contributed by atoms with Crippen LogP contribution >= 0.6 is 11.6 Å². The molecule has 3 rings (SSSR count). The van der Waals surface area contributed by atoms with Gasteiger partial charge < -0.3 is 15.2 Å². The van der Waals surface area contributed by atoms with Gasteiger partial charge in [0.05, 0.1) is 26.4 Å². The largest absolute Gasteiger partial charge is 0.496 e. The van der Waals surface area contributed by atoms with Gasteiger partial charge in [-0.3, -0.25) is 0 Å². The zero-order valence-electron chi connectivity index (χ0n) is 11.2. The molecule has 1 unspecified atom stereocenters. The van der Waals surface area contributed by atoms with Crippen molar-refractivity contribution in [3.05, 3.63) is 63.7 Å². The molecule has 0 bridgehead atoms. The van der Waals surface area contributed by atoms with Crippen LogP contribution in [0.5, 0.6) is 5.75 Å². The van der Waals surface area contributed by atoms with Crippen molar-refractivity contribution in [3.63, 3.8) is 0 Å². The Kier molecular flexibility index (Phi) is 3.66. The number of benzene rings is 2. The molecule has 1 aliphatic rings. The summed E-state index contributed by atoms with van der Waals surface area (Å²) in [6, 6.07) is 11.5. The summed E-state index contributed by atoms with van der Waals surface area (Å²) in [4.78, 5) is 0. The fourth-order valence-electron chi connectivity index (χ4n) is 2.51. The summed E-state index contributed by atoms with van der Waals surface area (Å²) < 4.78 is 10.8. The first kappa shape index (κ1) is 13.4. The Bertz CT molecular complexity index is 642. The number of halogens is 1. The van der Waals surface area contributed by atoms with Crippen LogP contribution in [0.2, 0.25) is 5.02 Å². The second-order valence-electron chi connectivity index (χ2n) is 4.88. The van der Waals surface area contributed by atoms with Crippen LogP contribution in [0.25, 0.3) is 0 Å². The molecule has 20 heavy (non-hydrogen) atoms. The summed E-state index contributed by atoms with van der Waals surface area (Å²) in [5.41, 5.74) is 10.8. The highest BCUT2D eigenvalue weighted by Gasteiger charge is 2.18. The highest BCUT2D eigenvalue weighted by molar-refractivity contribution is 6.30. The number of fused-ring (bicyclic) bond motifs is 1. The number of rotatable bonds is 3. The van der Waals surface area contributed by atoms with Crippen LogP contribution in [0.15, 0.2) is 36.4 Å². The topological polar surface area (TPSA) is 44.5 Å². The van der Waals surface area contributed by atoms with Crippen LogP contribution in [0.4, 0.5) is 0 Å². The summed E-state index contributed by atoms with van der Waals surface area (Å²) in [5, 5.41) is 0.639. The molecular formula is C16H16ClNO2. The Hall–Kier alpha value is -1.55. The highest BCUT2D eigenvalue weighted by atomic mass is 35.5.